The highest BCUT2D eigenvalue weighted by Crippen LogP contribution is 2.18. The molecule has 6 nitrogen and oxygen atoms in total. The summed E-state index contributed by atoms with van der Waals surface area (Å²) < 4.78 is 25.3. The third kappa shape index (κ3) is 5.96. The Labute approximate surface area is 116 Å². The molecule has 1 aromatic rings. The predicted octanol–water partition coefficient (Wildman–Crippen LogP) is 1.68. The van der Waals surface area contributed by atoms with Crippen LogP contribution in [0.15, 0.2) is 12.4 Å². The van der Waals surface area contributed by atoms with Crippen molar-refractivity contribution in [1.29, 1.82) is 0 Å². The summed E-state index contributed by atoms with van der Waals surface area (Å²) in [6.07, 6.45) is 0.723. The van der Waals surface area contributed by atoms with Gasteiger partial charge in [-0.1, -0.05) is 13.8 Å². The fraction of sp³-hybridized carbons (Fsp3) is 0.667. The van der Waals surface area contributed by atoms with Gasteiger partial charge in [-0.3, -0.25) is 4.68 Å². The van der Waals surface area contributed by atoms with Crippen LogP contribution in [0.3, 0.4) is 0 Å². The van der Waals surface area contributed by atoms with Crippen LogP contribution < -0.4 is 10.6 Å². The third-order valence-corrected chi connectivity index (χ3v) is 2.73. The largest absolute Gasteiger partial charge is 0.396 e. The SMILES string of the molecule is CC(C)(CCO)CNC(=O)Nc1cnn(CC(F)F)c1. The highest BCUT2D eigenvalue weighted by atomic mass is 19.3. The Morgan fingerprint density at radius 2 is 2.25 bits per heavy atom. The number of amides is 2. The quantitative estimate of drug-likeness (QED) is 0.715. The Kier molecular flexibility index (Phi) is 5.87. The van der Waals surface area contributed by atoms with Crippen molar-refractivity contribution in [2.75, 3.05) is 18.5 Å². The number of alkyl halides is 2. The molecule has 0 saturated heterocycles. The molecule has 0 radical (unpaired) electrons. The van der Waals surface area contributed by atoms with E-state index in [-0.39, 0.29) is 12.0 Å². The molecule has 0 fully saturated rings. The molecule has 0 aliphatic rings. The molecular weight excluding hydrogens is 270 g/mol. The summed E-state index contributed by atoms with van der Waals surface area (Å²) in [6, 6.07) is -0.437. The van der Waals surface area contributed by atoms with Gasteiger partial charge < -0.3 is 15.7 Å². The van der Waals surface area contributed by atoms with Crippen molar-refractivity contribution in [2.45, 2.75) is 33.2 Å². The van der Waals surface area contributed by atoms with E-state index in [4.69, 9.17) is 5.11 Å². The molecule has 0 aliphatic heterocycles. The van der Waals surface area contributed by atoms with E-state index in [2.05, 4.69) is 15.7 Å². The number of aliphatic hydroxyl groups is 1. The molecule has 0 aliphatic carbocycles. The number of nitrogens with zero attached hydrogens (tertiary/aromatic N) is 2. The predicted molar refractivity (Wildman–Crippen MR) is 70.7 cm³/mol. The number of urea groups is 1. The van der Waals surface area contributed by atoms with Gasteiger partial charge in [0.1, 0.15) is 6.54 Å². The molecule has 2 amide bonds. The Hall–Kier alpha value is -1.70. The van der Waals surface area contributed by atoms with Crippen LogP contribution in [0.25, 0.3) is 0 Å². The maximum absolute atomic E-state index is 12.1. The van der Waals surface area contributed by atoms with Crippen LogP contribution in [0.4, 0.5) is 19.3 Å². The van der Waals surface area contributed by atoms with Gasteiger partial charge in [-0.25, -0.2) is 13.6 Å². The number of hydrogen-bond donors (Lipinski definition) is 3. The fourth-order valence-electron chi connectivity index (χ4n) is 1.56. The van der Waals surface area contributed by atoms with Gasteiger partial charge in [-0.05, 0) is 11.8 Å². The van der Waals surface area contributed by atoms with Crippen LogP contribution in [-0.4, -0.2) is 40.5 Å². The molecule has 1 aromatic heterocycles. The summed E-state index contributed by atoms with van der Waals surface area (Å²) in [7, 11) is 0. The van der Waals surface area contributed by atoms with Gasteiger partial charge in [0.05, 0.1) is 11.9 Å². The maximum atomic E-state index is 12.1. The van der Waals surface area contributed by atoms with Gasteiger partial charge in [-0.2, -0.15) is 5.10 Å². The number of carbonyl (C=O) groups is 1. The molecule has 0 atom stereocenters. The average Bonchev–Trinajstić information content (AvgIpc) is 2.73. The van der Waals surface area contributed by atoms with Crippen molar-refractivity contribution in [1.82, 2.24) is 15.1 Å². The minimum absolute atomic E-state index is 0.0523. The highest BCUT2D eigenvalue weighted by Gasteiger charge is 2.18. The first kappa shape index (κ1) is 16.4. The lowest BCUT2D eigenvalue weighted by Crippen LogP contribution is -2.37. The van der Waals surface area contributed by atoms with Gasteiger partial charge in [0.15, 0.2) is 0 Å². The first-order valence-electron chi connectivity index (χ1n) is 6.29. The van der Waals surface area contributed by atoms with E-state index in [0.29, 0.717) is 18.7 Å². The van der Waals surface area contributed by atoms with Crippen molar-refractivity contribution in [3.63, 3.8) is 0 Å². The Bertz CT molecular complexity index is 435. The van der Waals surface area contributed by atoms with Crippen LogP contribution in [0.5, 0.6) is 0 Å². The van der Waals surface area contributed by atoms with Crippen molar-refractivity contribution in [3.05, 3.63) is 12.4 Å². The zero-order valence-electron chi connectivity index (χ0n) is 11.6. The van der Waals surface area contributed by atoms with E-state index in [9.17, 15) is 13.6 Å². The number of rotatable bonds is 7. The summed E-state index contributed by atoms with van der Waals surface area (Å²) in [6.45, 7) is 3.78. The minimum atomic E-state index is -2.49. The molecule has 20 heavy (non-hydrogen) atoms. The topological polar surface area (TPSA) is 79.2 Å². The number of nitrogens with one attached hydrogen (secondary N) is 2. The molecule has 1 heterocycles. The summed E-state index contributed by atoms with van der Waals surface area (Å²) in [5.74, 6) is 0. The lowest BCUT2D eigenvalue weighted by atomic mass is 9.90. The lowest BCUT2D eigenvalue weighted by Gasteiger charge is -2.23. The van der Waals surface area contributed by atoms with E-state index in [0.717, 1.165) is 4.68 Å². The molecule has 0 spiro atoms. The minimum Gasteiger partial charge on any atom is -0.396 e. The van der Waals surface area contributed by atoms with Gasteiger partial charge in [0, 0.05) is 19.3 Å². The normalized spacial score (nSPS) is 11.7. The zero-order chi connectivity index (χ0) is 15.2. The molecular formula is C12H20F2N4O2. The monoisotopic (exact) mass is 290 g/mol. The summed E-state index contributed by atoms with van der Waals surface area (Å²) in [5.41, 5.74) is 0.134. The number of carbonyl (C=O) groups excluding carboxylic acids is 1. The molecule has 3 N–H and O–H groups in total. The lowest BCUT2D eigenvalue weighted by molar-refractivity contribution is 0.122. The maximum Gasteiger partial charge on any atom is 0.319 e. The smallest absolute Gasteiger partial charge is 0.319 e. The zero-order valence-corrected chi connectivity index (χ0v) is 11.6. The van der Waals surface area contributed by atoms with Gasteiger partial charge in [0.2, 0.25) is 0 Å². The van der Waals surface area contributed by atoms with Crippen LogP contribution in [-0.2, 0) is 6.54 Å². The second kappa shape index (κ2) is 7.18. The number of halogens is 2. The van der Waals surface area contributed by atoms with Gasteiger partial charge in [-0.15, -0.1) is 0 Å². The first-order valence-corrected chi connectivity index (χ1v) is 6.29. The summed E-state index contributed by atoms with van der Waals surface area (Å²) >= 11 is 0. The standard InChI is InChI=1S/C12H20F2N4O2/c1-12(2,3-4-19)8-15-11(20)17-9-5-16-18(6-9)7-10(13)14/h5-6,10,19H,3-4,7-8H2,1-2H3,(H2,15,17,20). The average molecular weight is 290 g/mol. The number of hydrogen-bond acceptors (Lipinski definition) is 3. The number of aliphatic hydroxyl groups excluding tert-OH is 1. The van der Waals surface area contributed by atoms with Crippen LogP contribution >= 0.6 is 0 Å². The van der Waals surface area contributed by atoms with Gasteiger partial charge >= 0.3 is 6.03 Å². The number of anilines is 1. The highest BCUT2D eigenvalue weighted by molar-refractivity contribution is 5.88. The van der Waals surface area contributed by atoms with E-state index < -0.39 is 19.0 Å². The second-order valence-corrected chi connectivity index (χ2v) is 5.29. The van der Waals surface area contributed by atoms with E-state index in [1.807, 2.05) is 13.8 Å². The molecule has 0 bridgehead atoms. The van der Waals surface area contributed by atoms with Crippen molar-refractivity contribution >= 4 is 11.7 Å². The summed E-state index contributed by atoms with van der Waals surface area (Å²) in [4.78, 5) is 11.6. The van der Waals surface area contributed by atoms with Crippen LogP contribution in [0.1, 0.15) is 20.3 Å². The molecule has 8 heteroatoms. The van der Waals surface area contributed by atoms with Crippen molar-refractivity contribution in [2.24, 2.45) is 5.41 Å². The Morgan fingerprint density at radius 3 is 2.85 bits per heavy atom. The number of aromatic nitrogens is 2. The Morgan fingerprint density at radius 1 is 1.55 bits per heavy atom. The summed E-state index contributed by atoms with van der Waals surface area (Å²) in [5, 5.41) is 17.8. The van der Waals surface area contributed by atoms with Crippen LogP contribution in [0, 0.1) is 5.41 Å². The van der Waals surface area contributed by atoms with Crippen LogP contribution in [0.2, 0.25) is 0 Å². The van der Waals surface area contributed by atoms with Gasteiger partial charge in [0.25, 0.3) is 6.43 Å². The molecule has 114 valence electrons. The fourth-order valence-corrected chi connectivity index (χ4v) is 1.56. The Balaban J connectivity index is 2.40. The van der Waals surface area contributed by atoms with E-state index in [1.54, 1.807) is 0 Å². The van der Waals surface area contributed by atoms with Crippen molar-refractivity contribution < 1.29 is 18.7 Å². The molecule has 1 rings (SSSR count). The first-order chi connectivity index (χ1) is 9.32. The second-order valence-electron chi connectivity index (χ2n) is 5.29. The molecule has 0 unspecified atom stereocenters. The molecule has 0 saturated carbocycles. The van der Waals surface area contributed by atoms with E-state index in [1.165, 1.54) is 12.4 Å². The molecule has 0 aromatic carbocycles. The van der Waals surface area contributed by atoms with E-state index >= 15 is 0 Å². The third-order valence-electron chi connectivity index (χ3n) is 2.73. The van der Waals surface area contributed by atoms with Crippen molar-refractivity contribution in [3.8, 4) is 0 Å².